The van der Waals surface area contributed by atoms with Crippen molar-refractivity contribution in [2.75, 3.05) is 9.80 Å². The maximum atomic E-state index is 6.89. The molecule has 2 aliphatic rings. The standard InChI is InChI=1S/C63H50N3O.Pt/c1-61(2,47-23-10-6-11-24-47)50-39-51(62(3,4)48-25-12-7-13-26-48)41-53(40-50)66-36-35-65(44-66)52-37-46(45-21-8-5-9-22-45)38-55(43-52)67-54-28-20-27-49(42-54)63(60-33-18-19-34-64-60)58-31-16-14-29-56(58)57-30-15-17-32-59(57)63;/h5-41,44H,1-4H3;/q-3;. The van der Waals surface area contributed by atoms with Crippen LogP contribution in [0.1, 0.15) is 72.3 Å². The van der Waals surface area contributed by atoms with Crippen LogP contribution in [0, 0.1) is 18.8 Å². The summed E-state index contributed by atoms with van der Waals surface area (Å²) in [7, 11) is 0. The number of aromatic nitrogens is 1. The first-order valence-electron chi connectivity index (χ1n) is 23.0. The molecule has 0 amide bonds. The molecule has 0 bridgehead atoms. The summed E-state index contributed by atoms with van der Waals surface area (Å²) in [6, 6.07) is 80.5. The van der Waals surface area contributed by atoms with Gasteiger partial charge in [0, 0.05) is 55.3 Å². The fourth-order valence-corrected chi connectivity index (χ4v) is 10.1. The van der Waals surface area contributed by atoms with Crippen LogP contribution in [-0.2, 0) is 37.3 Å². The second-order valence-corrected chi connectivity index (χ2v) is 18.6. The number of fused-ring (bicyclic) bond motifs is 3. The summed E-state index contributed by atoms with van der Waals surface area (Å²) in [6.45, 7) is 11.4. The van der Waals surface area contributed by atoms with E-state index in [0.717, 1.165) is 33.8 Å². The van der Waals surface area contributed by atoms with Crippen LogP contribution in [0.25, 0.3) is 22.3 Å². The average molecular weight is 1060 g/mol. The van der Waals surface area contributed by atoms with Crippen molar-refractivity contribution in [3.05, 3.63) is 288 Å². The minimum Gasteiger partial charge on any atom is -0.509 e. The van der Waals surface area contributed by atoms with Crippen molar-refractivity contribution in [3.8, 4) is 33.8 Å². The molecule has 1 aliphatic heterocycles. The normalized spacial score (nSPS) is 13.7. The van der Waals surface area contributed by atoms with Gasteiger partial charge in [0.1, 0.15) is 0 Å². The molecule has 9 aromatic rings. The van der Waals surface area contributed by atoms with Gasteiger partial charge < -0.3 is 14.5 Å². The first-order chi connectivity index (χ1) is 32.7. The topological polar surface area (TPSA) is 28.6 Å². The van der Waals surface area contributed by atoms with E-state index in [9.17, 15) is 0 Å². The molecule has 0 spiro atoms. The summed E-state index contributed by atoms with van der Waals surface area (Å²) in [4.78, 5) is 9.36. The summed E-state index contributed by atoms with van der Waals surface area (Å²) in [5, 5.41) is 0. The fraction of sp³-hybridized carbons (Fsp3) is 0.111. The van der Waals surface area contributed by atoms with Crippen LogP contribution in [0.3, 0.4) is 0 Å². The van der Waals surface area contributed by atoms with E-state index in [1.807, 2.05) is 24.4 Å². The van der Waals surface area contributed by atoms with Gasteiger partial charge in [-0.15, -0.1) is 53.8 Å². The Labute approximate surface area is 415 Å². The van der Waals surface area contributed by atoms with Crippen molar-refractivity contribution in [2.24, 2.45) is 0 Å². The molecule has 0 saturated carbocycles. The summed E-state index contributed by atoms with van der Waals surface area (Å²) in [6.07, 6.45) is 6.10. The number of nitrogens with zero attached hydrogens (tertiary/aromatic N) is 3. The first-order valence-corrected chi connectivity index (χ1v) is 23.0. The Bertz CT molecular complexity index is 3140. The van der Waals surface area contributed by atoms with Gasteiger partial charge in [-0.1, -0.05) is 179 Å². The second-order valence-electron chi connectivity index (χ2n) is 18.6. The van der Waals surface area contributed by atoms with Gasteiger partial charge in [-0.3, -0.25) is 4.98 Å². The molecule has 336 valence electrons. The molecule has 11 rings (SSSR count). The number of pyridine rings is 1. The maximum Gasteiger partial charge on any atom is 0.0663 e. The van der Waals surface area contributed by atoms with E-state index in [4.69, 9.17) is 9.72 Å². The molecule has 2 heterocycles. The average Bonchev–Trinajstić information content (AvgIpc) is 4.00. The number of hydrogen-bond acceptors (Lipinski definition) is 4. The molecule has 0 unspecified atom stereocenters. The Morgan fingerprint density at radius 3 is 1.65 bits per heavy atom. The molecule has 68 heavy (non-hydrogen) atoms. The van der Waals surface area contributed by atoms with Gasteiger partial charge >= 0.3 is 0 Å². The van der Waals surface area contributed by atoms with Gasteiger partial charge in [0.25, 0.3) is 0 Å². The minimum absolute atomic E-state index is 0. The van der Waals surface area contributed by atoms with Crippen molar-refractivity contribution in [3.63, 3.8) is 0 Å². The molecule has 0 atom stereocenters. The fourth-order valence-electron chi connectivity index (χ4n) is 10.1. The van der Waals surface area contributed by atoms with Crippen molar-refractivity contribution in [1.82, 2.24) is 4.98 Å². The van der Waals surface area contributed by atoms with E-state index >= 15 is 0 Å². The van der Waals surface area contributed by atoms with Gasteiger partial charge in [0.15, 0.2) is 0 Å². The van der Waals surface area contributed by atoms with E-state index in [1.165, 1.54) is 44.5 Å². The van der Waals surface area contributed by atoms with Crippen LogP contribution in [0.15, 0.2) is 225 Å². The third-order valence-electron chi connectivity index (χ3n) is 13.9. The minimum atomic E-state index is -0.697. The van der Waals surface area contributed by atoms with E-state index in [1.54, 1.807) is 0 Å². The molecule has 1 aromatic heterocycles. The van der Waals surface area contributed by atoms with E-state index in [0.29, 0.717) is 11.5 Å². The Kier molecular flexibility index (Phi) is 11.9. The zero-order valence-corrected chi connectivity index (χ0v) is 40.8. The van der Waals surface area contributed by atoms with Crippen LogP contribution >= 0.6 is 0 Å². The Morgan fingerprint density at radius 2 is 1.04 bits per heavy atom. The Morgan fingerprint density at radius 1 is 0.485 bits per heavy atom. The molecule has 4 nitrogen and oxygen atoms in total. The predicted molar refractivity (Wildman–Crippen MR) is 273 cm³/mol. The smallest absolute Gasteiger partial charge is 0.0663 e. The monoisotopic (exact) mass is 1060 g/mol. The molecule has 1 aliphatic carbocycles. The van der Waals surface area contributed by atoms with Gasteiger partial charge in [-0.05, 0) is 86.7 Å². The van der Waals surface area contributed by atoms with Gasteiger partial charge in [-0.2, -0.15) is 12.1 Å². The molecule has 8 aromatic carbocycles. The first kappa shape index (κ1) is 44.6. The van der Waals surface area contributed by atoms with Crippen LogP contribution < -0.4 is 14.5 Å². The molecule has 5 heteroatoms. The van der Waals surface area contributed by atoms with Crippen molar-refractivity contribution < 1.29 is 25.8 Å². The maximum absolute atomic E-state index is 6.89. The molecule has 0 fully saturated rings. The summed E-state index contributed by atoms with van der Waals surface area (Å²) in [5.74, 6) is 1.18. The largest absolute Gasteiger partial charge is 0.509 e. The SMILES string of the molecule is CC(C)(c1ccccc1)c1cc(N2C=CN(c3[c-]c(Oc4[c-]c(C5(c6ccccn6)c6ccccc6-c6ccccc65)ccc4)cc(-c4ccccc4)c3)[CH-]2)cc(C(C)(C)c2ccccc2)c1.[Pt]. The molecular formula is C63H50N3OPt-3. The van der Waals surface area contributed by atoms with E-state index < -0.39 is 5.41 Å². The van der Waals surface area contributed by atoms with Crippen molar-refractivity contribution in [1.29, 1.82) is 0 Å². The summed E-state index contributed by atoms with van der Waals surface area (Å²) in [5.41, 5.74) is 14.5. The van der Waals surface area contributed by atoms with Gasteiger partial charge in [-0.25, -0.2) is 0 Å². The zero-order chi connectivity index (χ0) is 45.6. The third kappa shape index (κ3) is 7.87. The number of rotatable bonds is 11. The molecule has 0 saturated heterocycles. The quantitative estimate of drug-likeness (QED) is 0.121. The predicted octanol–water partition coefficient (Wildman–Crippen LogP) is 15.1. The Balaban J connectivity index is 0.00000539. The third-order valence-corrected chi connectivity index (χ3v) is 13.9. The number of hydrogen-bond donors (Lipinski definition) is 0. The molecule has 0 radical (unpaired) electrons. The van der Waals surface area contributed by atoms with Crippen molar-refractivity contribution >= 4 is 11.4 Å². The van der Waals surface area contributed by atoms with Crippen LogP contribution in [0.2, 0.25) is 0 Å². The van der Waals surface area contributed by atoms with Crippen LogP contribution in [0.5, 0.6) is 11.5 Å². The Hall–Kier alpha value is -7.26. The molecule has 0 N–H and O–H groups in total. The van der Waals surface area contributed by atoms with Gasteiger partial charge in [0.05, 0.1) is 11.1 Å². The van der Waals surface area contributed by atoms with E-state index in [2.05, 4.69) is 257 Å². The van der Waals surface area contributed by atoms with Crippen molar-refractivity contribution in [2.45, 2.75) is 43.9 Å². The van der Waals surface area contributed by atoms with E-state index in [-0.39, 0.29) is 31.9 Å². The summed E-state index contributed by atoms with van der Waals surface area (Å²) >= 11 is 0. The molecular weight excluding hydrogens is 1010 g/mol. The number of ether oxygens (including phenoxy) is 1. The van der Waals surface area contributed by atoms with Crippen LogP contribution in [0.4, 0.5) is 11.4 Å². The van der Waals surface area contributed by atoms with Crippen LogP contribution in [-0.4, -0.2) is 4.98 Å². The second kappa shape index (κ2) is 18.1. The van der Waals surface area contributed by atoms with Gasteiger partial charge in [0.2, 0.25) is 0 Å². The summed E-state index contributed by atoms with van der Waals surface area (Å²) < 4.78 is 6.89. The zero-order valence-electron chi connectivity index (χ0n) is 38.5. The number of benzene rings is 8. The number of anilines is 2.